The van der Waals surface area contributed by atoms with Crippen molar-refractivity contribution in [3.05, 3.63) is 0 Å². The summed E-state index contributed by atoms with van der Waals surface area (Å²) in [6, 6.07) is 0. The average Bonchev–Trinajstić information content (AvgIpc) is 1.89. The molecule has 0 N–H and O–H groups in total. The Bertz CT molecular complexity index is 96.9. The molecule has 0 aromatic carbocycles. The third-order valence-corrected chi connectivity index (χ3v) is 1.97. The van der Waals surface area contributed by atoms with Crippen LogP contribution in [0, 0.1) is 5.92 Å². The van der Waals surface area contributed by atoms with Crippen molar-refractivity contribution in [2.45, 2.75) is 46.5 Å². The monoisotopic (exact) mass is 142 g/mol. The van der Waals surface area contributed by atoms with Gasteiger partial charge in [0, 0.05) is 5.92 Å². The zero-order valence-corrected chi connectivity index (χ0v) is 7.31. The highest BCUT2D eigenvalue weighted by Gasteiger charge is 2.09. The number of ketones is 1. The van der Waals surface area contributed by atoms with Crippen molar-refractivity contribution >= 4 is 5.78 Å². The first-order chi connectivity index (χ1) is 4.72. The molecular formula is C9H18O. The van der Waals surface area contributed by atoms with E-state index < -0.39 is 0 Å². The molecule has 0 unspecified atom stereocenters. The minimum absolute atomic E-state index is 0.333. The molecule has 0 aromatic heterocycles. The number of hydrogen-bond acceptors (Lipinski definition) is 1. The fourth-order valence-electron chi connectivity index (χ4n) is 1.15. The highest BCUT2D eigenvalue weighted by atomic mass is 16.1. The van der Waals surface area contributed by atoms with E-state index in [4.69, 9.17) is 0 Å². The van der Waals surface area contributed by atoms with E-state index >= 15 is 0 Å². The van der Waals surface area contributed by atoms with Gasteiger partial charge >= 0.3 is 0 Å². The molecule has 0 bridgehead atoms. The number of rotatable bonds is 5. The fourth-order valence-corrected chi connectivity index (χ4v) is 1.15. The molecule has 0 rings (SSSR count). The van der Waals surface area contributed by atoms with Crippen molar-refractivity contribution in [2.75, 3.05) is 0 Å². The Kier molecular flexibility index (Phi) is 5.27. The highest BCUT2D eigenvalue weighted by molar-refractivity contribution is 5.78. The van der Waals surface area contributed by atoms with Gasteiger partial charge in [-0.3, -0.25) is 4.79 Å². The first-order valence-electron chi connectivity index (χ1n) is 4.22. The highest BCUT2D eigenvalue weighted by Crippen LogP contribution is 2.12. The van der Waals surface area contributed by atoms with E-state index in [1.54, 1.807) is 6.92 Å². The van der Waals surface area contributed by atoms with Crippen LogP contribution in [0.3, 0.4) is 0 Å². The smallest absolute Gasteiger partial charge is 0.132 e. The van der Waals surface area contributed by atoms with E-state index in [-0.39, 0.29) is 0 Å². The Morgan fingerprint density at radius 1 is 1.40 bits per heavy atom. The third kappa shape index (κ3) is 3.65. The summed E-state index contributed by atoms with van der Waals surface area (Å²) in [5.74, 6) is 0.691. The van der Waals surface area contributed by atoms with Gasteiger partial charge in [-0.25, -0.2) is 0 Å². The quantitative estimate of drug-likeness (QED) is 0.577. The lowest BCUT2D eigenvalue weighted by Gasteiger charge is -2.08. The lowest BCUT2D eigenvalue weighted by atomic mass is 9.96. The number of hydrogen-bond donors (Lipinski definition) is 0. The van der Waals surface area contributed by atoms with E-state index in [1.807, 2.05) is 0 Å². The molecule has 60 valence electrons. The maximum Gasteiger partial charge on any atom is 0.132 e. The van der Waals surface area contributed by atoms with Crippen LogP contribution in [0.1, 0.15) is 46.5 Å². The number of carbonyl (C=O) groups excluding carboxylic acids is 1. The number of unbranched alkanes of at least 4 members (excludes halogenated alkanes) is 1. The number of carbonyl (C=O) groups is 1. The van der Waals surface area contributed by atoms with E-state index in [2.05, 4.69) is 13.8 Å². The average molecular weight is 142 g/mol. The summed E-state index contributed by atoms with van der Waals surface area (Å²) in [6.07, 6.45) is 4.49. The minimum atomic E-state index is 0.333. The van der Waals surface area contributed by atoms with Crippen molar-refractivity contribution < 1.29 is 4.79 Å². The summed E-state index contributed by atoms with van der Waals surface area (Å²) < 4.78 is 0. The number of Topliss-reactive ketones (excluding diaryl/α,β-unsaturated/α-hetero) is 1. The lowest BCUT2D eigenvalue weighted by molar-refractivity contribution is -0.121. The molecule has 0 radical (unpaired) electrons. The van der Waals surface area contributed by atoms with Gasteiger partial charge in [-0.15, -0.1) is 0 Å². The second-order valence-electron chi connectivity index (χ2n) is 2.86. The molecule has 0 heterocycles. The molecule has 0 aliphatic carbocycles. The topological polar surface area (TPSA) is 17.1 Å². The molecule has 0 amide bonds. The summed E-state index contributed by atoms with van der Waals surface area (Å²) in [7, 11) is 0. The normalized spacial score (nSPS) is 13.1. The summed E-state index contributed by atoms with van der Waals surface area (Å²) >= 11 is 0. The Morgan fingerprint density at radius 3 is 2.30 bits per heavy atom. The zero-order chi connectivity index (χ0) is 7.98. The van der Waals surface area contributed by atoms with Gasteiger partial charge in [0.05, 0.1) is 0 Å². The van der Waals surface area contributed by atoms with Crippen LogP contribution >= 0.6 is 0 Å². The van der Waals surface area contributed by atoms with Crippen molar-refractivity contribution in [1.82, 2.24) is 0 Å². The molecule has 1 atom stereocenters. The lowest BCUT2D eigenvalue weighted by Crippen LogP contribution is -2.08. The van der Waals surface area contributed by atoms with Gasteiger partial charge in [0.1, 0.15) is 5.78 Å². The Hall–Kier alpha value is -0.330. The predicted molar refractivity (Wildman–Crippen MR) is 44.0 cm³/mol. The zero-order valence-electron chi connectivity index (χ0n) is 7.31. The molecule has 10 heavy (non-hydrogen) atoms. The van der Waals surface area contributed by atoms with Crippen LogP contribution in [0.2, 0.25) is 0 Å². The molecule has 0 aliphatic heterocycles. The van der Waals surface area contributed by atoms with Crippen molar-refractivity contribution in [1.29, 1.82) is 0 Å². The van der Waals surface area contributed by atoms with Crippen LogP contribution in [-0.4, -0.2) is 5.78 Å². The van der Waals surface area contributed by atoms with Crippen LogP contribution in [0.5, 0.6) is 0 Å². The summed E-state index contributed by atoms with van der Waals surface area (Å²) in [5.41, 5.74) is 0. The Labute approximate surface area is 63.8 Å². The van der Waals surface area contributed by atoms with Gasteiger partial charge < -0.3 is 0 Å². The van der Waals surface area contributed by atoms with Gasteiger partial charge in [0.15, 0.2) is 0 Å². The molecule has 1 heteroatoms. The summed E-state index contributed by atoms with van der Waals surface area (Å²) in [6.45, 7) is 5.94. The largest absolute Gasteiger partial charge is 0.300 e. The first-order valence-corrected chi connectivity index (χ1v) is 4.22. The standard InChI is InChI=1S/C9H18O/c1-4-6-7-9(5-2)8(3)10/h9H,4-7H2,1-3H3/t9-/m1/s1. The van der Waals surface area contributed by atoms with E-state index in [0.29, 0.717) is 11.7 Å². The van der Waals surface area contributed by atoms with Gasteiger partial charge in [-0.1, -0.05) is 26.7 Å². The van der Waals surface area contributed by atoms with Crippen LogP contribution in [0.15, 0.2) is 0 Å². The molecule has 0 saturated carbocycles. The maximum absolute atomic E-state index is 10.9. The minimum Gasteiger partial charge on any atom is -0.300 e. The van der Waals surface area contributed by atoms with Crippen LogP contribution in [-0.2, 0) is 4.79 Å². The maximum atomic E-state index is 10.9. The van der Waals surface area contributed by atoms with E-state index in [9.17, 15) is 4.79 Å². The van der Waals surface area contributed by atoms with E-state index in [0.717, 1.165) is 12.8 Å². The SMILES string of the molecule is CCCC[C@@H](CC)C(C)=O. The van der Waals surface area contributed by atoms with E-state index in [1.165, 1.54) is 12.8 Å². The predicted octanol–water partition coefficient (Wildman–Crippen LogP) is 2.79. The Balaban J connectivity index is 3.50. The summed E-state index contributed by atoms with van der Waals surface area (Å²) in [5, 5.41) is 0. The van der Waals surface area contributed by atoms with Crippen LogP contribution in [0.25, 0.3) is 0 Å². The molecule has 0 fully saturated rings. The summed E-state index contributed by atoms with van der Waals surface area (Å²) in [4.78, 5) is 10.9. The third-order valence-electron chi connectivity index (χ3n) is 1.97. The second-order valence-corrected chi connectivity index (χ2v) is 2.86. The molecule has 0 spiro atoms. The fraction of sp³-hybridized carbons (Fsp3) is 0.889. The van der Waals surface area contributed by atoms with Gasteiger partial charge in [0.2, 0.25) is 0 Å². The van der Waals surface area contributed by atoms with Gasteiger partial charge in [-0.05, 0) is 19.8 Å². The second kappa shape index (κ2) is 5.45. The first kappa shape index (κ1) is 9.67. The van der Waals surface area contributed by atoms with Crippen LogP contribution < -0.4 is 0 Å². The van der Waals surface area contributed by atoms with Gasteiger partial charge in [0.25, 0.3) is 0 Å². The molecule has 1 nitrogen and oxygen atoms in total. The van der Waals surface area contributed by atoms with Crippen molar-refractivity contribution in [3.8, 4) is 0 Å². The molecule has 0 saturated heterocycles. The van der Waals surface area contributed by atoms with Crippen molar-refractivity contribution in [3.63, 3.8) is 0 Å². The molecule has 0 aliphatic rings. The van der Waals surface area contributed by atoms with Crippen molar-refractivity contribution in [2.24, 2.45) is 5.92 Å². The van der Waals surface area contributed by atoms with Crippen LogP contribution in [0.4, 0.5) is 0 Å². The molecular weight excluding hydrogens is 124 g/mol. The van der Waals surface area contributed by atoms with Gasteiger partial charge in [-0.2, -0.15) is 0 Å². The Morgan fingerprint density at radius 2 is 2.00 bits per heavy atom. The molecule has 0 aromatic rings.